The second-order valence-electron chi connectivity index (χ2n) is 6.84. The van der Waals surface area contributed by atoms with Crippen molar-refractivity contribution in [2.45, 2.75) is 23.6 Å². The highest BCUT2D eigenvalue weighted by Crippen LogP contribution is 2.30. The van der Waals surface area contributed by atoms with Crippen molar-refractivity contribution in [2.75, 3.05) is 39.6 Å². The van der Waals surface area contributed by atoms with Crippen molar-refractivity contribution in [1.29, 1.82) is 0 Å². The van der Waals surface area contributed by atoms with Crippen LogP contribution in [-0.2, 0) is 20.0 Å². The van der Waals surface area contributed by atoms with E-state index in [1.165, 1.54) is 61.9 Å². The number of benzene rings is 2. The van der Waals surface area contributed by atoms with E-state index in [1.807, 2.05) is 0 Å². The molecule has 0 aliphatic carbocycles. The number of methoxy groups -OCH3 is 1. The number of hydrogen-bond acceptors (Lipinski definition) is 6. The minimum Gasteiger partial charge on any atom is -0.495 e. The van der Waals surface area contributed by atoms with E-state index in [-0.39, 0.29) is 44.9 Å². The number of sulfonamides is 2. The maximum absolute atomic E-state index is 12.9. The Balaban J connectivity index is 2.48. The van der Waals surface area contributed by atoms with Crippen LogP contribution < -0.4 is 10.1 Å². The van der Waals surface area contributed by atoms with Gasteiger partial charge < -0.3 is 10.1 Å². The van der Waals surface area contributed by atoms with Crippen LogP contribution in [0.3, 0.4) is 0 Å². The summed E-state index contributed by atoms with van der Waals surface area (Å²) < 4.78 is 58.1. The number of carbonyl (C=O) groups excluding carboxylic acids is 1. The molecule has 2 aromatic rings. The van der Waals surface area contributed by atoms with Crippen molar-refractivity contribution in [3.05, 3.63) is 47.0 Å². The number of nitrogens with zero attached hydrogens (tertiary/aromatic N) is 2. The first kappa shape index (κ1) is 26.1. The predicted octanol–water partition coefficient (Wildman–Crippen LogP) is 2.88. The highest BCUT2D eigenvalue weighted by atomic mass is 35.5. The highest BCUT2D eigenvalue weighted by Gasteiger charge is 2.26. The molecule has 9 nitrogen and oxygen atoms in total. The van der Waals surface area contributed by atoms with Crippen LogP contribution in [-0.4, -0.2) is 65.6 Å². The largest absolute Gasteiger partial charge is 0.495 e. The lowest BCUT2D eigenvalue weighted by Crippen LogP contribution is -2.31. The molecule has 0 aromatic heterocycles. The summed E-state index contributed by atoms with van der Waals surface area (Å²) in [6.07, 6.45) is 0. The summed E-state index contributed by atoms with van der Waals surface area (Å²) in [5.41, 5.74) is 0.145. The Hall–Kier alpha value is -2.18. The molecular formula is C20H26ClN3O6S2. The zero-order chi connectivity index (χ0) is 24.3. The van der Waals surface area contributed by atoms with Crippen molar-refractivity contribution in [1.82, 2.24) is 8.61 Å². The van der Waals surface area contributed by atoms with Crippen molar-refractivity contribution in [2.24, 2.45) is 0 Å². The van der Waals surface area contributed by atoms with Crippen LogP contribution in [0.2, 0.25) is 5.02 Å². The summed E-state index contributed by atoms with van der Waals surface area (Å²) in [5, 5.41) is 2.58. The number of rotatable bonds is 9. The molecule has 1 N–H and O–H groups in total. The molecule has 0 heterocycles. The third-order valence-electron chi connectivity index (χ3n) is 4.71. The van der Waals surface area contributed by atoms with E-state index >= 15 is 0 Å². The first-order chi connectivity index (χ1) is 14.9. The molecule has 0 fully saturated rings. The molecule has 0 saturated carbocycles. The normalized spacial score (nSPS) is 12.2. The summed E-state index contributed by atoms with van der Waals surface area (Å²) >= 11 is 6.12. The van der Waals surface area contributed by atoms with E-state index < -0.39 is 26.0 Å². The van der Waals surface area contributed by atoms with Crippen molar-refractivity contribution >= 4 is 43.2 Å². The summed E-state index contributed by atoms with van der Waals surface area (Å²) in [6.45, 7) is 3.89. The zero-order valence-electron chi connectivity index (χ0n) is 18.4. The number of halogens is 1. The van der Waals surface area contributed by atoms with E-state index in [1.54, 1.807) is 13.8 Å². The summed E-state index contributed by atoms with van der Waals surface area (Å²) in [6, 6.07) is 7.96. The SMILES string of the molecule is CCN(CC)S(=O)(=O)c1cc(C(=O)Nc2cc(S(=O)(=O)N(C)C)ccc2OC)ccc1Cl. The number of nitrogens with one attached hydrogen (secondary N) is 1. The third-order valence-corrected chi connectivity index (χ3v) is 9.06. The third kappa shape index (κ3) is 5.24. The van der Waals surface area contributed by atoms with Gasteiger partial charge in [0.05, 0.1) is 22.7 Å². The molecule has 0 aliphatic rings. The van der Waals surface area contributed by atoms with Crippen LogP contribution >= 0.6 is 11.6 Å². The average molecular weight is 504 g/mol. The monoisotopic (exact) mass is 503 g/mol. The van der Waals surface area contributed by atoms with Crippen LogP contribution in [0.5, 0.6) is 5.75 Å². The quantitative estimate of drug-likeness (QED) is 0.563. The molecule has 0 atom stereocenters. The molecule has 176 valence electrons. The summed E-state index contributed by atoms with van der Waals surface area (Å²) in [4.78, 5) is 12.7. The average Bonchev–Trinajstić information content (AvgIpc) is 2.74. The molecule has 0 aliphatic heterocycles. The van der Waals surface area contributed by atoms with Crippen LogP contribution in [0.25, 0.3) is 0 Å². The van der Waals surface area contributed by atoms with Gasteiger partial charge in [0.1, 0.15) is 10.6 Å². The molecule has 12 heteroatoms. The molecule has 32 heavy (non-hydrogen) atoms. The minimum atomic E-state index is -3.90. The Morgan fingerprint density at radius 1 is 1.00 bits per heavy atom. The van der Waals surface area contributed by atoms with E-state index in [0.717, 1.165) is 4.31 Å². The van der Waals surface area contributed by atoms with Gasteiger partial charge in [-0.3, -0.25) is 4.79 Å². The summed E-state index contributed by atoms with van der Waals surface area (Å²) in [7, 11) is -3.48. The molecule has 0 radical (unpaired) electrons. The van der Waals surface area contributed by atoms with Crippen LogP contribution in [0.4, 0.5) is 5.69 Å². The Morgan fingerprint density at radius 3 is 2.16 bits per heavy atom. The lowest BCUT2D eigenvalue weighted by Gasteiger charge is -2.19. The minimum absolute atomic E-state index is 0.00916. The van der Waals surface area contributed by atoms with Gasteiger partial charge in [0, 0.05) is 32.7 Å². The van der Waals surface area contributed by atoms with E-state index in [0.29, 0.717) is 0 Å². The van der Waals surface area contributed by atoms with E-state index in [9.17, 15) is 21.6 Å². The number of hydrogen-bond donors (Lipinski definition) is 1. The second-order valence-corrected chi connectivity index (χ2v) is 11.3. The molecule has 0 unspecified atom stereocenters. The lowest BCUT2D eigenvalue weighted by molar-refractivity contribution is 0.102. The Morgan fingerprint density at radius 2 is 1.62 bits per heavy atom. The van der Waals surface area contributed by atoms with Crippen LogP contribution in [0, 0.1) is 0 Å². The van der Waals surface area contributed by atoms with Crippen molar-refractivity contribution in [3.8, 4) is 5.75 Å². The van der Waals surface area contributed by atoms with Gasteiger partial charge in [-0.25, -0.2) is 21.1 Å². The number of ether oxygens (including phenoxy) is 1. The van der Waals surface area contributed by atoms with Crippen LogP contribution in [0.15, 0.2) is 46.2 Å². The first-order valence-electron chi connectivity index (χ1n) is 9.61. The van der Waals surface area contributed by atoms with Crippen LogP contribution in [0.1, 0.15) is 24.2 Å². The van der Waals surface area contributed by atoms with Gasteiger partial charge in [-0.2, -0.15) is 4.31 Å². The molecule has 2 rings (SSSR count). The number of carbonyl (C=O) groups is 1. The maximum Gasteiger partial charge on any atom is 0.255 e. The van der Waals surface area contributed by atoms with Crippen molar-refractivity contribution in [3.63, 3.8) is 0 Å². The van der Waals surface area contributed by atoms with Gasteiger partial charge in [-0.15, -0.1) is 0 Å². The zero-order valence-corrected chi connectivity index (χ0v) is 20.8. The predicted molar refractivity (Wildman–Crippen MR) is 123 cm³/mol. The lowest BCUT2D eigenvalue weighted by atomic mass is 10.2. The summed E-state index contributed by atoms with van der Waals surface area (Å²) in [5.74, 6) is -0.420. The maximum atomic E-state index is 12.9. The Bertz CT molecular complexity index is 1210. The van der Waals surface area contributed by atoms with Gasteiger partial charge >= 0.3 is 0 Å². The van der Waals surface area contributed by atoms with Crippen molar-refractivity contribution < 1.29 is 26.4 Å². The van der Waals surface area contributed by atoms with Gasteiger partial charge in [-0.05, 0) is 36.4 Å². The standard InChI is InChI=1S/C20H26ClN3O6S2/c1-6-24(7-2)32(28,29)19-12-14(8-10-16(19)21)20(25)22-17-13-15(9-11-18(17)30-5)31(26,27)23(3)4/h8-13H,6-7H2,1-5H3,(H,22,25). The fraction of sp³-hybridized carbons (Fsp3) is 0.350. The number of anilines is 1. The van der Waals surface area contributed by atoms with E-state index in [2.05, 4.69) is 5.32 Å². The van der Waals surface area contributed by atoms with Gasteiger partial charge in [-0.1, -0.05) is 25.4 Å². The molecule has 0 bridgehead atoms. The molecule has 0 spiro atoms. The molecule has 2 aromatic carbocycles. The fourth-order valence-corrected chi connectivity index (χ4v) is 5.78. The molecule has 1 amide bonds. The molecular weight excluding hydrogens is 478 g/mol. The topological polar surface area (TPSA) is 113 Å². The highest BCUT2D eigenvalue weighted by molar-refractivity contribution is 7.89. The van der Waals surface area contributed by atoms with Gasteiger partial charge in [0.15, 0.2) is 0 Å². The van der Waals surface area contributed by atoms with Gasteiger partial charge in [0.2, 0.25) is 20.0 Å². The first-order valence-corrected chi connectivity index (χ1v) is 12.9. The number of amides is 1. The van der Waals surface area contributed by atoms with Gasteiger partial charge in [0.25, 0.3) is 5.91 Å². The molecule has 0 saturated heterocycles. The Kier molecular flexibility index (Phi) is 8.29. The smallest absolute Gasteiger partial charge is 0.255 e. The second kappa shape index (κ2) is 10.2. The Labute approximate surface area is 194 Å². The fourth-order valence-electron chi connectivity index (χ4n) is 2.90. The van der Waals surface area contributed by atoms with E-state index in [4.69, 9.17) is 16.3 Å².